The van der Waals surface area contributed by atoms with E-state index in [1.165, 1.54) is 0 Å². The molecule has 0 bridgehead atoms. The van der Waals surface area contributed by atoms with Crippen LogP contribution in [0.2, 0.25) is 0 Å². The van der Waals surface area contributed by atoms with Crippen molar-refractivity contribution < 1.29 is 24.2 Å². The zero-order valence-electron chi connectivity index (χ0n) is 13.1. The van der Waals surface area contributed by atoms with Gasteiger partial charge in [0.2, 0.25) is 11.8 Å². The number of carboxylic acids is 1. The molecule has 1 aromatic rings. The lowest BCUT2D eigenvalue weighted by Gasteiger charge is -2.07. The molecule has 126 valence electrons. The van der Waals surface area contributed by atoms with Crippen molar-refractivity contribution in [3.63, 3.8) is 0 Å². The maximum atomic E-state index is 11.8. The number of aliphatic carboxylic acids is 1. The highest BCUT2D eigenvalue weighted by Gasteiger charge is 2.06. The molecule has 0 spiro atoms. The fraction of sp³-hybridized carbons (Fsp3) is 0.438. The van der Waals surface area contributed by atoms with Crippen molar-refractivity contribution >= 4 is 23.5 Å². The maximum Gasteiger partial charge on any atom is 0.341 e. The first-order valence-corrected chi connectivity index (χ1v) is 7.52. The second-order valence-electron chi connectivity index (χ2n) is 4.96. The fourth-order valence-corrected chi connectivity index (χ4v) is 1.77. The lowest BCUT2D eigenvalue weighted by atomic mass is 10.2. The Morgan fingerprint density at radius 2 is 1.74 bits per heavy atom. The minimum Gasteiger partial charge on any atom is -0.482 e. The Kier molecular flexibility index (Phi) is 8.20. The van der Waals surface area contributed by atoms with E-state index in [0.717, 1.165) is 6.42 Å². The van der Waals surface area contributed by atoms with Crippen molar-refractivity contribution in [1.82, 2.24) is 5.32 Å². The van der Waals surface area contributed by atoms with Crippen molar-refractivity contribution in [2.24, 2.45) is 0 Å². The molecule has 0 aliphatic carbocycles. The van der Waals surface area contributed by atoms with E-state index in [-0.39, 0.29) is 18.2 Å². The van der Waals surface area contributed by atoms with Gasteiger partial charge in [0.25, 0.3) is 0 Å². The third-order valence-electron chi connectivity index (χ3n) is 2.88. The van der Waals surface area contributed by atoms with Gasteiger partial charge in [-0.2, -0.15) is 0 Å². The zero-order valence-corrected chi connectivity index (χ0v) is 13.1. The van der Waals surface area contributed by atoms with Gasteiger partial charge in [-0.05, 0) is 37.1 Å². The van der Waals surface area contributed by atoms with Gasteiger partial charge in [0, 0.05) is 25.1 Å². The Morgan fingerprint density at radius 1 is 1.09 bits per heavy atom. The lowest BCUT2D eigenvalue weighted by molar-refractivity contribution is -0.139. The predicted molar refractivity (Wildman–Crippen MR) is 85.4 cm³/mol. The first-order valence-electron chi connectivity index (χ1n) is 7.52. The Morgan fingerprint density at radius 3 is 2.35 bits per heavy atom. The van der Waals surface area contributed by atoms with E-state index < -0.39 is 12.6 Å². The molecular weight excluding hydrogens is 300 g/mol. The molecule has 7 heteroatoms. The Labute approximate surface area is 135 Å². The second kappa shape index (κ2) is 10.2. The molecule has 7 nitrogen and oxygen atoms in total. The third-order valence-corrected chi connectivity index (χ3v) is 2.88. The monoisotopic (exact) mass is 322 g/mol. The lowest BCUT2D eigenvalue weighted by Crippen LogP contribution is -2.24. The molecule has 0 aliphatic rings. The average molecular weight is 322 g/mol. The number of carbonyl (C=O) groups excluding carboxylic acids is 2. The first kappa shape index (κ1) is 18.5. The quantitative estimate of drug-likeness (QED) is 0.609. The molecule has 0 unspecified atom stereocenters. The van der Waals surface area contributed by atoms with Crippen LogP contribution in [0.15, 0.2) is 24.3 Å². The molecule has 0 radical (unpaired) electrons. The van der Waals surface area contributed by atoms with E-state index in [0.29, 0.717) is 30.8 Å². The van der Waals surface area contributed by atoms with E-state index in [9.17, 15) is 14.4 Å². The smallest absolute Gasteiger partial charge is 0.341 e. The van der Waals surface area contributed by atoms with Crippen LogP contribution < -0.4 is 15.4 Å². The van der Waals surface area contributed by atoms with Crippen molar-refractivity contribution in [3.05, 3.63) is 24.3 Å². The van der Waals surface area contributed by atoms with Crippen LogP contribution in [0.1, 0.15) is 32.6 Å². The molecule has 0 aromatic heterocycles. The summed E-state index contributed by atoms with van der Waals surface area (Å²) >= 11 is 0. The summed E-state index contributed by atoms with van der Waals surface area (Å²) in [6, 6.07) is 6.42. The van der Waals surface area contributed by atoms with E-state index >= 15 is 0 Å². The Hall–Kier alpha value is -2.57. The van der Waals surface area contributed by atoms with Crippen LogP contribution in [0.5, 0.6) is 5.75 Å². The number of rotatable bonds is 10. The maximum absolute atomic E-state index is 11.8. The Balaban J connectivity index is 2.28. The first-order chi connectivity index (χ1) is 11.0. The van der Waals surface area contributed by atoms with Gasteiger partial charge in [-0.1, -0.05) is 6.92 Å². The van der Waals surface area contributed by atoms with Crippen LogP contribution in [-0.4, -0.2) is 36.0 Å². The summed E-state index contributed by atoms with van der Waals surface area (Å²) in [5.74, 6) is -0.851. The molecule has 1 aromatic carbocycles. The van der Waals surface area contributed by atoms with E-state index in [4.69, 9.17) is 9.84 Å². The summed E-state index contributed by atoms with van der Waals surface area (Å²) in [7, 11) is 0. The number of amides is 2. The molecule has 23 heavy (non-hydrogen) atoms. The van der Waals surface area contributed by atoms with Gasteiger partial charge in [0.1, 0.15) is 5.75 Å². The van der Waals surface area contributed by atoms with E-state index in [1.54, 1.807) is 24.3 Å². The van der Waals surface area contributed by atoms with Crippen LogP contribution in [0.3, 0.4) is 0 Å². The van der Waals surface area contributed by atoms with Gasteiger partial charge in [0.05, 0.1) is 0 Å². The highest BCUT2D eigenvalue weighted by atomic mass is 16.5. The van der Waals surface area contributed by atoms with Gasteiger partial charge in [-0.3, -0.25) is 9.59 Å². The number of benzene rings is 1. The molecule has 0 aliphatic heterocycles. The van der Waals surface area contributed by atoms with Crippen LogP contribution in [0.4, 0.5) is 5.69 Å². The van der Waals surface area contributed by atoms with Gasteiger partial charge in [0.15, 0.2) is 6.61 Å². The minimum absolute atomic E-state index is 0.0421. The number of carbonyl (C=O) groups is 3. The Bertz CT molecular complexity index is 528. The molecule has 0 atom stereocenters. The summed E-state index contributed by atoms with van der Waals surface area (Å²) in [5, 5.41) is 14.0. The molecule has 3 N–H and O–H groups in total. The number of carboxylic acid groups (broad SMARTS) is 1. The van der Waals surface area contributed by atoms with Crippen LogP contribution in [0, 0.1) is 0 Å². The van der Waals surface area contributed by atoms with Crippen LogP contribution in [0.25, 0.3) is 0 Å². The van der Waals surface area contributed by atoms with E-state index in [1.807, 2.05) is 6.92 Å². The van der Waals surface area contributed by atoms with Crippen molar-refractivity contribution in [3.8, 4) is 5.75 Å². The number of hydrogen-bond donors (Lipinski definition) is 3. The summed E-state index contributed by atoms with van der Waals surface area (Å²) in [6.07, 6.45) is 1.96. The van der Waals surface area contributed by atoms with Gasteiger partial charge in [-0.25, -0.2) is 4.79 Å². The summed E-state index contributed by atoms with van der Waals surface area (Å²) in [4.78, 5) is 33.5. The summed E-state index contributed by atoms with van der Waals surface area (Å²) < 4.78 is 4.99. The standard InChI is InChI=1S/C16H22N2O5/c1-2-10-17-14(19)4-3-5-15(20)18-12-6-8-13(9-7-12)23-11-16(21)22/h6-9H,2-5,10-11H2,1H3,(H,17,19)(H,18,20)(H,21,22). The van der Waals surface area contributed by atoms with Crippen LogP contribution >= 0.6 is 0 Å². The predicted octanol–water partition coefficient (Wildman–Crippen LogP) is 1.78. The zero-order chi connectivity index (χ0) is 17.1. The van der Waals surface area contributed by atoms with Crippen LogP contribution in [-0.2, 0) is 14.4 Å². The SMILES string of the molecule is CCCNC(=O)CCCC(=O)Nc1ccc(OCC(=O)O)cc1. The normalized spacial score (nSPS) is 9.96. The largest absolute Gasteiger partial charge is 0.482 e. The average Bonchev–Trinajstić information content (AvgIpc) is 2.52. The van der Waals surface area contributed by atoms with Gasteiger partial charge in [-0.15, -0.1) is 0 Å². The van der Waals surface area contributed by atoms with Crippen molar-refractivity contribution in [2.45, 2.75) is 32.6 Å². The second-order valence-corrected chi connectivity index (χ2v) is 4.96. The summed E-state index contributed by atoms with van der Waals surface area (Å²) in [6.45, 7) is 2.22. The third kappa shape index (κ3) is 8.45. The molecule has 0 fully saturated rings. The fourth-order valence-electron chi connectivity index (χ4n) is 1.77. The molecule has 0 saturated heterocycles. The molecule has 1 rings (SSSR count). The molecule has 2 amide bonds. The molecule has 0 heterocycles. The van der Waals surface area contributed by atoms with E-state index in [2.05, 4.69) is 10.6 Å². The molecule has 0 saturated carbocycles. The number of ether oxygens (including phenoxy) is 1. The highest BCUT2D eigenvalue weighted by Crippen LogP contribution is 2.16. The minimum atomic E-state index is -1.05. The number of nitrogens with one attached hydrogen (secondary N) is 2. The molecular formula is C16H22N2O5. The van der Waals surface area contributed by atoms with Gasteiger partial charge < -0.3 is 20.5 Å². The highest BCUT2D eigenvalue weighted by molar-refractivity contribution is 5.91. The summed E-state index contributed by atoms with van der Waals surface area (Å²) in [5.41, 5.74) is 0.591. The van der Waals surface area contributed by atoms with Gasteiger partial charge >= 0.3 is 5.97 Å². The number of hydrogen-bond acceptors (Lipinski definition) is 4. The number of anilines is 1. The topological polar surface area (TPSA) is 105 Å². The van der Waals surface area contributed by atoms with Crippen molar-refractivity contribution in [2.75, 3.05) is 18.5 Å². The van der Waals surface area contributed by atoms with Crippen molar-refractivity contribution in [1.29, 1.82) is 0 Å².